The van der Waals surface area contributed by atoms with Crippen molar-refractivity contribution in [2.75, 3.05) is 0 Å². The van der Waals surface area contributed by atoms with Gasteiger partial charge < -0.3 is 0 Å². The Morgan fingerprint density at radius 2 is 2.25 bits per heavy atom. The van der Waals surface area contributed by atoms with Gasteiger partial charge >= 0.3 is 0 Å². The summed E-state index contributed by atoms with van der Waals surface area (Å²) in [5.74, 6) is 1.11. The van der Waals surface area contributed by atoms with E-state index in [1.165, 1.54) is 0 Å². The van der Waals surface area contributed by atoms with Crippen molar-refractivity contribution in [2.24, 2.45) is 0 Å². The fourth-order valence-corrected chi connectivity index (χ4v) is 1.69. The van der Waals surface area contributed by atoms with Crippen molar-refractivity contribution in [3.05, 3.63) is 50.9 Å². The SMILES string of the molecule is C=C[C](C)c1cccc(I)c1Cl. The number of halogens is 2. The van der Waals surface area contributed by atoms with E-state index in [1.807, 2.05) is 31.2 Å². The Bertz CT molecular complexity index is 294. The molecule has 0 aliphatic rings. The van der Waals surface area contributed by atoms with E-state index in [1.54, 1.807) is 0 Å². The van der Waals surface area contributed by atoms with E-state index in [2.05, 4.69) is 29.2 Å². The molecule has 0 aliphatic heterocycles. The summed E-state index contributed by atoms with van der Waals surface area (Å²) in [6.07, 6.45) is 1.82. The lowest BCUT2D eigenvalue weighted by Crippen LogP contribution is -1.92. The second kappa shape index (κ2) is 4.28. The Morgan fingerprint density at radius 3 is 2.83 bits per heavy atom. The molecule has 1 rings (SSSR count). The Morgan fingerprint density at radius 1 is 1.58 bits per heavy atom. The molecule has 0 heterocycles. The van der Waals surface area contributed by atoms with Crippen LogP contribution in [0.15, 0.2) is 30.9 Å². The summed E-state index contributed by atoms with van der Waals surface area (Å²) in [5.41, 5.74) is 1.07. The van der Waals surface area contributed by atoms with Crippen LogP contribution in [0.2, 0.25) is 5.02 Å². The van der Waals surface area contributed by atoms with Gasteiger partial charge in [-0.3, -0.25) is 0 Å². The number of allylic oxidation sites excluding steroid dienone is 1. The van der Waals surface area contributed by atoms with E-state index in [4.69, 9.17) is 11.6 Å². The molecule has 0 aliphatic carbocycles. The molecule has 63 valence electrons. The third-order valence-electron chi connectivity index (χ3n) is 1.68. The molecule has 1 aromatic rings. The molecule has 2 heteroatoms. The van der Waals surface area contributed by atoms with E-state index in [0.29, 0.717) is 0 Å². The summed E-state index contributed by atoms with van der Waals surface area (Å²) in [7, 11) is 0. The average molecular weight is 292 g/mol. The zero-order valence-electron chi connectivity index (χ0n) is 6.77. The minimum Gasteiger partial charge on any atom is -0.102 e. The second-order valence-electron chi connectivity index (χ2n) is 2.49. The first-order chi connectivity index (χ1) is 5.66. The minimum absolute atomic E-state index is 0.815. The molecule has 0 saturated carbocycles. The maximum atomic E-state index is 6.09. The van der Waals surface area contributed by atoms with Crippen LogP contribution >= 0.6 is 34.2 Å². The first-order valence-corrected chi connectivity index (χ1v) is 5.03. The zero-order valence-corrected chi connectivity index (χ0v) is 9.69. The number of benzene rings is 1. The van der Waals surface area contributed by atoms with Gasteiger partial charge in [-0.2, -0.15) is 0 Å². The van der Waals surface area contributed by atoms with Crippen LogP contribution in [0.1, 0.15) is 12.5 Å². The quantitative estimate of drug-likeness (QED) is 0.721. The van der Waals surface area contributed by atoms with Crippen molar-refractivity contribution in [1.29, 1.82) is 0 Å². The highest BCUT2D eigenvalue weighted by atomic mass is 127. The summed E-state index contributed by atoms with van der Waals surface area (Å²) >= 11 is 8.31. The summed E-state index contributed by atoms with van der Waals surface area (Å²) < 4.78 is 1.08. The lowest BCUT2D eigenvalue weighted by Gasteiger charge is -2.08. The van der Waals surface area contributed by atoms with Crippen molar-refractivity contribution in [3.8, 4) is 0 Å². The Hall–Kier alpha value is -0.0200. The maximum Gasteiger partial charge on any atom is 0.0580 e. The standard InChI is InChI=1S/C10H9ClI/c1-3-7(2)8-5-4-6-9(12)10(8)11/h3-6H,1H2,2H3. The largest absolute Gasteiger partial charge is 0.102 e. The van der Waals surface area contributed by atoms with E-state index in [0.717, 1.165) is 20.1 Å². The van der Waals surface area contributed by atoms with Gasteiger partial charge in [-0.15, -0.1) is 6.58 Å². The highest BCUT2D eigenvalue weighted by Gasteiger charge is 2.08. The highest BCUT2D eigenvalue weighted by Crippen LogP contribution is 2.28. The molecule has 12 heavy (non-hydrogen) atoms. The Balaban J connectivity index is 3.15. The van der Waals surface area contributed by atoms with Gasteiger partial charge in [0, 0.05) is 9.49 Å². The maximum absolute atomic E-state index is 6.09. The van der Waals surface area contributed by atoms with Crippen LogP contribution < -0.4 is 0 Å². The third-order valence-corrected chi connectivity index (χ3v) is 3.31. The monoisotopic (exact) mass is 291 g/mol. The molecule has 1 aromatic carbocycles. The number of hydrogen-bond acceptors (Lipinski definition) is 0. The summed E-state index contributed by atoms with van der Waals surface area (Å²) in [5, 5.41) is 0.815. The minimum atomic E-state index is 0.815. The van der Waals surface area contributed by atoms with Gasteiger partial charge in [-0.05, 0) is 34.2 Å². The van der Waals surface area contributed by atoms with Crippen LogP contribution in [0.3, 0.4) is 0 Å². The van der Waals surface area contributed by atoms with Crippen molar-refractivity contribution in [1.82, 2.24) is 0 Å². The van der Waals surface area contributed by atoms with Crippen molar-refractivity contribution < 1.29 is 0 Å². The van der Waals surface area contributed by atoms with Gasteiger partial charge in [0.05, 0.1) is 5.02 Å². The molecule has 0 saturated heterocycles. The molecule has 0 N–H and O–H groups in total. The normalized spacial score (nSPS) is 10.3. The molecule has 0 spiro atoms. The van der Waals surface area contributed by atoms with Crippen LogP contribution in [0.25, 0.3) is 0 Å². The predicted molar refractivity (Wildman–Crippen MR) is 62.4 cm³/mol. The van der Waals surface area contributed by atoms with Gasteiger partial charge in [-0.1, -0.05) is 36.7 Å². The molecule has 0 nitrogen and oxygen atoms in total. The Labute approximate surface area is 91.8 Å². The number of hydrogen-bond donors (Lipinski definition) is 0. The van der Waals surface area contributed by atoms with Crippen LogP contribution in [0.4, 0.5) is 0 Å². The highest BCUT2D eigenvalue weighted by molar-refractivity contribution is 14.1. The molecule has 0 fully saturated rings. The van der Waals surface area contributed by atoms with E-state index < -0.39 is 0 Å². The second-order valence-corrected chi connectivity index (χ2v) is 4.03. The summed E-state index contributed by atoms with van der Waals surface area (Å²) in [4.78, 5) is 0. The first-order valence-electron chi connectivity index (χ1n) is 3.57. The first kappa shape index (κ1) is 10.1. The molecule has 0 atom stereocenters. The van der Waals surface area contributed by atoms with Crippen LogP contribution in [0.5, 0.6) is 0 Å². The molecule has 0 amide bonds. The van der Waals surface area contributed by atoms with Crippen LogP contribution in [-0.2, 0) is 0 Å². The summed E-state index contributed by atoms with van der Waals surface area (Å²) in [6.45, 7) is 5.71. The zero-order chi connectivity index (χ0) is 9.14. The van der Waals surface area contributed by atoms with E-state index in [-0.39, 0.29) is 0 Å². The van der Waals surface area contributed by atoms with Gasteiger partial charge in [0.2, 0.25) is 0 Å². The van der Waals surface area contributed by atoms with Crippen molar-refractivity contribution in [2.45, 2.75) is 6.92 Å². The number of rotatable bonds is 2. The Kier molecular flexibility index (Phi) is 3.59. The fraction of sp³-hybridized carbons (Fsp3) is 0.100. The summed E-state index contributed by atoms with van der Waals surface area (Å²) in [6, 6.07) is 5.99. The molecule has 1 radical (unpaired) electrons. The molecule has 0 unspecified atom stereocenters. The lowest BCUT2D eigenvalue weighted by atomic mass is 10.0. The fourth-order valence-electron chi connectivity index (χ4n) is 0.918. The van der Waals surface area contributed by atoms with Gasteiger partial charge in [0.1, 0.15) is 0 Å². The van der Waals surface area contributed by atoms with Crippen molar-refractivity contribution in [3.63, 3.8) is 0 Å². The molecular formula is C10H9ClI. The van der Waals surface area contributed by atoms with Crippen LogP contribution in [-0.4, -0.2) is 0 Å². The topological polar surface area (TPSA) is 0 Å². The predicted octanol–water partition coefficient (Wildman–Crippen LogP) is 4.07. The molecular weight excluding hydrogens is 282 g/mol. The third kappa shape index (κ3) is 2.02. The van der Waals surface area contributed by atoms with Gasteiger partial charge in [0.15, 0.2) is 0 Å². The van der Waals surface area contributed by atoms with E-state index >= 15 is 0 Å². The lowest BCUT2D eigenvalue weighted by molar-refractivity contribution is 1.25. The van der Waals surface area contributed by atoms with Crippen molar-refractivity contribution >= 4 is 34.2 Å². The molecule has 0 bridgehead atoms. The smallest absolute Gasteiger partial charge is 0.0580 e. The van der Waals surface area contributed by atoms with E-state index in [9.17, 15) is 0 Å². The van der Waals surface area contributed by atoms with Crippen LogP contribution in [0, 0.1) is 9.49 Å². The molecule has 0 aromatic heterocycles. The van der Waals surface area contributed by atoms with Gasteiger partial charge in [0.25, 0.3) is 0 Å². The average Bonchev–Trinajstić information content (AvgIpc) is 2.08. The van der Waals surface area contributed by atoms with Gasteiger partial charge in [-0.25, -0.2) is 0 Å².